The minimum Gasteiger partial charge on any atom is -0.493 e. The molecule has 3 aromatic rings. The molecule has 1 aromatic carbocycles. The van der Waals surface area contributed by atoms with Crippen LogP contribution in [-0.4, -0.2) is 27.6 Å². The smallest absolute Gasteiger partial charge is 0.306 e. The summed E-state index contributed by atoms with van der Waals surface area (Å²) < 4.78 is 20.2. The number of carbonyl (C=O) groups excluding carboxylic acids is 1. The SMILES string of the molecule is COC(=O)C[C@@H](c1ccccc1F)c1c(O)nc2ccccn2c1=O. The summed E-state index contributed by atoms with van der Waals surface area (Å²) in [5.74, 6) is -2.78. The highest BCUT2D eigenvalue weighted by Gasteiger charge is 2.28. The molecule has 25 heavy (non-hydrogen) atoms. The Labute approximate surface area is 142 Å². The molecule has 2 heterocycles. The molecule has 0 amide bonds. The first-order valence-electron chi connectivity index (χ1n) is 7.54. The number of ether oxygens (including phenoxy) is 1. The van der Waals surface area contributed by atoms with Crippen molar-refractivity contribution in [1.29, 1.82) is 0 Å². The van der Waals surface area contributed by atoms with E-state index in [1.165, 1.54) is 35.9 Å². The lowest BCUT2D eigenvalue weighted by atomic mass is 9.89. The normalized spacial score (nSPS) is 12.1. The highest BCUT2D eigenvalue weighted by atomic mass is 19.1. The topological polar surface area (TPSA) is 80.9 Å². The van der Waals surface area contributed by atoms with Crippen LogP contribution in [-0.2, 0) is 9.53 Å². The third-order valence-electron chi connectivity index (χ3n) is 3.98. The highest BCUT2D eigenvalue weighted by molar-refractivity contribution is 5.71. The predicted octanol–water partition coefficient (Wildman–Crippen LogP) is 2.23. The van der Waals surface area contributed by atoms with Crippen LogP contribution in [0.25, 0.3) is 5.65 Å². The molecule has 128 valence electrons. The van der Waals surface area contributed by atoms with Crippen molar-refractivity contribution in [2.75, 3.05) is 7.11 Å². The second kappa shape index (κ2) is 6.72. The van der Waals surface area contributed by atoms with Gasteiger partial charge in [0.05, 0.1) is 19.1 Å². The van der Waals surface area contributed by atoms with Gasteiger partial charge in [-0.25, -0.2) is 4.39 Å². The van der Waals surface area contributed by atoms with E-state index in [1.807, 2.05) is 0 Å². The van der Waals surface area contributed by atoms with E-state index in [1.54, 1.807) is 24.3 Å². The number of methoxy groups -OCH3 is 1. The number of carbonyl (C=O) groups is 1. The summed E-state index contributed by atoms with van der Waals surface area (Å²) >= 11 is 0. The van der Waals surface area contributed by atoms with E-state index in [9.17, 15) is 19.1 Å². The molecule has 0 unspecified atom stereocenters. The van der Waals surface area contributed by atoms with Crippen LogP contribution < -0.4 is 5.56 Å². The van der Waals surface area contributed by atoms with E-state index >= 15 is 0 Å². The Morgan fingerprint density at radius 3 is 2.72 bits per heavy atom. The average molecular weight is 342 g/mol. The number of aromatic hydroxyl groups is 1. The first-order valence-corrected chi connectivity index (χ1v) is 7.54. The van der Waals surface area contributed by atoms with Crippen LogP contribution in [0.5, 0.6) is 5.88 Å². The zero-order chi connectivity index (χ0) is 18.0. The van der Waals surface area contributed by atoms with Crippen LogP contribution >= 0.6 is 0 Å². The Bertz CT molecular complexity index is 1000. The van der Waals surface area contributed by atoms with Gasteiger partial charge in [-0.2, -0.15) is 4.98 Å². The summed E-state index contributed by atoms with van der Waals surface area (Å²) in [5, 5.41) is 10.3. The second-order valence-corrected chi connectivity index (χ2v) is 5.44. The summed E-state index contributed by atoms with van der Waals surface area (Å²) in [7, 11) is 1.20. The maximum atomic E-state index is 14.3. The van der Waals surface area contributed by atoms with E-state index in [0.717, 1.165) is 0 Å². The van der Waals surface area contributed by atoms with Gasteiger partial charge in [0.2, 0.25) is 5.88 Å². The van der Waals surface area contributed by atoms with E-state index in [-0.39, 0.29) is 23.2 Å². The average Bonchev–Trinajstić information content (AvgIpc) is 2.61. The monoisotopic (exact) mass is 342 g/mol. The summed E-state index contributed by atoms with van der Waals surface area (Å²) in [6.07, 6.45) is 1.19. The van der Waals surface area contributed by atoms with Gasteiger partial charge in [-0.1, -0.05) is 24.3 Å². The van der Waals surface area contributed by atoms with Crippen LogP contribution in [0.15, 0.2) is 53.5 Å². The number of benzene rings is 1. The van der Waals surface area contributed by atoms with Gasteiger partial charge in [0.25, 0.3) is 5.56 Å². The lowest BCUT2D eigenvalue weighted by Crippen LogP contribution is -2.24. The molecule has 0 spiro atoms. The Morgan fingerprint density at radius 2 is 2.00 bits per heavy atom. The fourth-order valence-electron chi connectivity index (χ4n) is 2.77. The lowest BCUT2D eigenvalue weighted by Gasteiger charge is -2.18. The molecule has 2 aromatic heterocycles. The van der Waals surface area contributed by atoms with E-state index in [2.05, 4.69) is 9.72 Å². The Kier molecular flexibility index (Phi) is 4.47. The van der Waals surface area contributed by atoms with Gasteiger partial charge in [-0.3, -0.25) is 14.0 Å². The van der Waals surface area contributed by atoms with Crippen LogP contribution in [0.4, 0.5) is 4.39 Å². The van der Waals surface area contributed by atoms with Gasteiger partial charge in [-0.15, -0.1) is 0 Å². The van der Waals surface area contributed by atoms with Crippen molar-refractivity contribution < 1.29 is 19.0 Å². The van der Waals surface area contributed by atoms with Gasteiger partial charge in [0.15, 0.2) is 0 Å². The van der Waals surface area contributed by atoms with Gasteiger partial charge in [0.1, 0.15) is 11.5 Å². The van der Waals surface area contributed by atoms with Crippen molar-refractivity contribution in [3.8, 4) is 5.88 Å². The molecule has 0 saturated heterocycles. The molecular weight excluding hydrogens is 327 g/mol. The van der Waals surface area contributed by atoms with Gasteiger partial charge in [0, 0.05) is 12.1 Å². The van der Waals surface area contributed by atoms with Gasteiger partial charge in [-0.05, 0) is 23.8 Å². The number of rotatable bonds is 4. The number of hydrogen-bond donors (Lipinski definition) is 1. The number of pyridine rings is 1. The Hall–Kier alpha value is -3.22. The molecule has 0 aliphatic rings. The van der Waals surface area contributed by atoms with Crippen LogP contribution in [0.2, 0.25) is 0 Å². The van der Waals surface area contributed by atoms with Crippen molar-refractivity contribution in [3.63, 3.8) is 0 Å². The minimum absolute atomic E-state index is 0.109. The fraction of sp³-hybridized carbons (Fsp3) is 0.167. The molecule has 0 radical (unpaired) electrons. The molecule has 1 atom stereocenters. The lowest BCUT2D eigenvalue weighted by molar-refractivity contribution is -0.140. The molecule has 6 nitrogen and oxygen atoms in total. The van der Waals surface area contributed by atoms with E-state index < -0.39 is 29.1 Å². The zero-order valence-electron chi connectivity index (χ0n) is 13.3. The third kappa shape index (κ3) is 3.08. The summed E-state index contributed by atoms with van der Waals surface area (Å²) in [6, 6.07) is 10.6. The summed E-state index contributed by atoms with van der Waals surface area (Å²) in [6.45, 7) is 0. The number of nitrogens with zero attached hydrogens (tertiary/aromatic N) is 2. The number of hydrogen-bond acceptors (Lipinski definition) is 5. The van der Waals surface area contributed by atoms with Crippen molar-refractivity contribution in [2.45, 2.75) is 12.3 Å². The number of aromatic nitrogens is 2. The van der Waals surface area contributed by atoms with E-state index in [0.29, 0.717) is 0 Å². The maximum absolute atomic E-state index is 14.3. The third-order valence-corrected chi connectivity index (χ3v) is 3.98. The zero-order valence-corrected chi connectivity index (χ0v) is 13.3. The quantitative estimate of drug-likeness (QED) is 0.736. The minimum atomic E-state index is -1.02. The molecule has 0 aliphatic heterocycles. The van der Waals surface area contributed by atoms with Gasteiger partial charge >= 0.3 is 5.97 Å². The van der Waals surface area contributed by atoms with Crippen LogP contribution in [0.1, 0.15) is 23.5 Å². The van der Waals surface area contributed by atoms with Crippen molar-refractivity contribution in [1.82, 2.24) is 9.38 Å². The Balaban J connectivity index is 2.27. The van der Waals surface area contributed by atoms with Crippen molar-refractivity contribution in [2.24, 2.45) is 0 Å². The highest BCUT2D eigenvalue weighted by Crippen LogP contribution is 2.32. The van der Waals surface area contributed by atoms with Crippen molar-refractivity contribution in [3.05, 3.63) is 76.0 Å². The largest absolute Gasteiger partial charge is 0.493 e. The molecule has 7 heteroatoms. The number of fused-ring (bicyclic) bond motifs is 1. The Morgan fingerprint density at radius 1 is 1.28 bits per heavy atom. The first-order chi connectivity index (χ1) is 12.0. The van der Waals surface area contributed by atoms with E-state index in [4.69, 9.17) is 0 Å². The molecule has 0 aliphatic carbocycles. The van der Waals surface area contributed by atoms with Crippen LogP contribution in [0, 0.1) is 5.82 Å². The fourth-order valence-corrected chi connectivity index (χ4v) is 2.77. The van der Waals surface area contributed by atoms with Crippen molar-refractivity contribution >= 4 is 11.6 Å². The molecule has 3 rings (SSSR count). The molecule has 0 fully saturated rings. The molecule has 1 N–H and O–H groups in total. The number of esters is 1. The first kappa shape index (κ1) is 16.6. The molecular formula is C18H15FN2O4. The van der Waals surface area contributed by atoms with Gasteiger partial charge < -0.3 is 9.84 Å². The summed E-state index contributed by atoms with van der Waals surface area (Å²) in [5.41, 5.74) is -0.364. The number of halogens is 1. The predicted molar refractivity (Wildman–Crippen MR) is 88.0 cm³/mol. The maximum Gasteiger partial charge on any atom is 0.306 e. The molecule has 0 bridgehead atoms. The molecule has 0 saturated carbocycles. The van der Waals surface area contributed by atoms with Crippen LogP contribution in [0.3, 0.4) is 0 Å². The second-order valence-electron chi connectivity index (χ2n) is 5.44. The summed E-state index contributed by atoms with van der Waals surface area (Å²) in [4.78, 5) is 28.6. The standard InChI is InChI=1S/C18H15FN2O4/c1-25-15(22)10-12(11-6-2-3-7-13(11)19)16-17(23)20-14-8-4-5-9-21(14)18(16)24/h2-9,12,23H,10H2,1H3/t12-/m0/s1.